The highest BCUT2D eigenvalue weighted by molar-refractivity contribution is 5.37. The molecular weight excluding hydrogens is 188 g/mol. The standard InChI is InChI=1S/C11H14N4/c1-8(9-3-4-9)15(2)11-7-13-10(5-12)6-14-11/h6-9H,3-4H2,1-2H3. The maximum Gasteiger partial charge on any atom is 0.158 e. The zero-order chi connectivity index (χ0) is 10.8. The molecule has 1 aliphatic carbocycles. The second-order valence-corrected chi connectivity index (χ2v) is 4.06. The predicted octanol–water partition coefficient (Wildman–Crippen LogP) is 1.58. The van der Waals surface area contributed by atoms with Crippen LogP contribution in [-0.2, 0) is 0 Å². The first-order valence-electron chi connectivity index (χ1n) is 5.17. The van der Waals surface area contributed by atoms with E-state index in [1.54, 1.807) is 6.20 Å². The second-order valence-electron chi connectivity index (χ2n) is 4.06. The minimum absolute atomic E-state index is 0.367. The third-order valence-corrected chi connectivity index (χ3v) is 3.03. The molecule has 1 aliphatic rings. The van der Waals surface area contributed by atoms with E-state index in [9.17, 15) is 0 Å². The smallest absolute Gasteiger partial charge is 0.158 e. The lowest BCUT2D eigenvalue weighted by Gasteiger charge is -2.25. The summed E-state index contributed by atoms with van der Waals surface area (Å²) in [5.41, 5.74) is 0.367. The van der Waals surface area contributed by atoms with Crippen molar-refractivity contribution in [3.05, 3.63) is 18.1 Å². The van der Waals surface area contributed by atoms with E-state index in [1.165, 1.54) is 19.0 Å². The van der Waals surface area contributed by atoms with Crippen molar-refractivity contribution < 1.29 is 0 Å². The van der Waals surface area contributed by atoms with Gasteiger partial charge in [-0.05, 0) is 25.7 Å². The van der Waals surface area contributed by atoms with Crippen molar-refractivity contribution in [1.29, 1.82) is 5.26 Å². The molecule has 1 fully saturated rings. The molecule has 1 saturated carbocycles. The van der Waals surface area contributed by atoms with Crippen molar-refractivity contribution in [3.63, 3.8) is 0 Å². The summed E-state index contributed by atoms with van der Waals surface area (Å²) >= 11 is 0. The number of hydrogen-bond donors (Lipinski definition) is 0. The zero-order valence-electron chi connectivity index (χ0n) is 9.01. The van der Waals surface area contributed by atoms with Gasteiger partial charge in [-0.1, -0.05) is 0 Å². The summed E-state index contributed by atoms with van der Waals surface area (Å²) in [6, 6.07) is 2.47. The fourth-order valence-electron chi connectivity index (χ4n) is 1.66. The normalized spacial score (nSPS) is 16.9. The number of nitriles is 1. The predicted molar refractivity (Wildman–Crippen MR) is 57.3 cm³/mol. The van der Waals surface area contributed by atoms with Crippen LogP contribution in [0.3, 0.4) is 0 Å². The Morgan fingerprint density at radius 2 is 2.20 bits per heavy atom. The molecule has 0 N–H and O–H groups in total. The van der Waals surface area contributed by atoms with E-state index in [-0.39, 0.29) is 0 Å². The molecule has 2 rings (SSSR count). The van der Waals surface area contributed by atoms with Crippen LogP contribution in [0.25, 0.3) is 0 Å². The molecule has 1 heterocycles. The van der Waals surface area contributed by atoms with Crippen molar-refractivity contribution in [1.82, 2.24) is 9.97 Å². The monoisotopic (exact) mass is 202 g/mol. The van der Waals surface area contributed by atoms with Crippen LogP contribution >= 0.6 is 0 Å². The highest BCUT2D eigenvalue weighted by Crippen LogP contribution is 2.35. The number of aromatic nitrogens is 2. The van der Waals surface area contributed by atoms with Crippen molar-refractivity contribution in [2.45, 2.75) is 25.8 Å². The fraction of sp³-hybridized carbons (Fsp3) is 0.545. The summed E-state index contributed by atoms with van der Waals surface area (Å²) in [7, 11) is 2.03. The Kier molecular flexibility index (Phi) is 2.55. The van der Waals surface area contributed by atoms with Crippen molar-refractivity contribution in [3.8, 4) is 6.07 Å². The molecule has 1 aromatic rings. The summed E-state index contributed by atoms with van der Waals surface area (Å²) < 4.78 is 0. The van der Waals surface area contributed by atoms with Gasteiger partial charge in [0.2, 0.25) is 0 Å². The molecule has 4 heteroatoms. The summed E-state index contributed by atoms with van der Waals surface area (Å²) in [5, 5.41) is 8.61. The van der Waals surface area contributed by atoms with Gasteiger partial charge in [-0.25, -0.2) is 9.97 Å². The van der Waals surface area contributed by atoms with E-state index < -0.39 is 0 Å². The third kappa shape index (κ3) is 2.07. The van der Waals surface area contributed by atoms with Crippen LogP contribution in [0.2, 0.25) is 0 Å². The fourth-order valence-corrected chi connectivity index (χ4v) is 1.66. The first-order valence-corrected chi connectivity index (χ1v) is 5.17. The van der Waals surface area contributed by atoms with Gasteiger partial charge in [0, 0.05) is 13.1 Å². The van der Waals surface area contributed by atoms with Crippen LogP contribution in [0.15, 0.2) is 12.4 Å². The van der Waals surface area contributed by atoms with Crippen molar-refractivity contribution in [2.24, 2.45) is 5.92 Å². The van der Waals surface area contributed by atoms with E-state index in [2.05, 4.69) is 21.8 Å². The molecule has 4 nitrogen and oxygen atoms in total. The lowest BCUT2D eigenvalue weighted by molar-refractivity contribution is 0.603. The van der Waals surface area contributed by atoms with E-state index in [0.717, 1.165) is 11.7 Å². The molecule has 78 valence electrons. The molecule has 1 aromatic heterocycles. The Balaban J connectivity index is 2.11. The molecule has 0 aliphatic heterocycles. The lowest BCUT2D eigenvalue weighted by Crippen LogP contribution is -2.31. The number of rotatable bonds is 3. The van der Waals surface area contributed by atoms with Crippen LogP contribution < -0.4 is 4.90 Å². The quantitative estimate of drug-likeness (QED) is 0.746. The van der Waals surface area contributed by atoms with E-state index in [1.807, 2.05) is 13.1 Å². The largest absolute Gasteiger partial charge is 0.355 e. The molecule has 0 saturated heterocycles. The lowest BCUT2D eigenvalue weighted by atomic mass is 10.2. The minimum Gasteiger partial charge on any atom is -0.355 e. The summed E-state index contributed by atoms with van der Waals surface area (Å²) in [6.07, 6.45) is 5.81. The molecule has 0 aromatic carbocycles. The van der Waals surface area contributed by atoms with Crippen LogP contribution in [0, 0.1) is 17.2 Å². The average Bonchev–Trinajstić information content (AvgIpc) is 3.11. The Labute approximate surface area is 89.6 Å². The average molecular weight is 202 g/mol. The van der Waals surface area contributed by atoms with Gasteiger partial charge in [-0.3, -0.25) is 0 Å². The first kappa shape index (κ1) is 9.91. The maximum absolute atomic E-state index is 8.61. The SMILES string of the molecule is CC(C1CC1)N(C)c1cnc(C#N)cn1. The number of nitrogens with zero attached hydrogens (tertiary/aromatic N) is 4. The first-order chi connectivity index (χ1) is 7.22. The minimum atomic E-state index is 0.367. The molecule has 0 radical (unpaired) electrons. The second kappa shape index (κ2) is 3.85. The van der Waals surface area contributed by atoms with Gasteiger partial charge >= 0.3 is 0 Å². The van der Waals surface area contributed by atoms with E-state index >= 15 is 0 Å². The Morgan fingerprint density at radius 1 is 1.47 bits per heavy atom. The highest BCUT2D eigenvalue weighted by Gasteiger charge is 2.31. The summed E-state index contributed by atoms with van der Waals surface area (Å²) in [5.74, 6) is 1.64. The van der Waals surface area contributed by atoms with E-state index in [4.69, 9.17) is 5.26 Å². The molecule has 1 atom stereocenters. The van der Waals surface area contributed by atoms with Crippen molar-refractivity contribution in [2.75, 3.05) is 11.9 Å². The Hall–Kier alpha value is -1.63. The van der Waals surface area contributed by atoms with Gasteiger partial charge in [0.05, 0.1) is 12.4 Å². The zero-order valence-corrected chi connectivity index (χ0v) is 9.01. The van der Waals surface area contributed by atoms with Gasteiger partial charge < -0.3 is 4.90 Å². The molecule has 0 amide bonds. The van der Waals surface area contributed by atoms with Crippen LogP contribution in [0.4, 0.5) is 5.82 Å². The van der Waals surface area contributed by atoms with Crippen molar-refractivity contribution >= 4 is 5.82 Å². The highest BCUT2D eigenvalue weighted by atomic mass is 15.2. The van der Waals surface area contributed by atoms with Gasteiger partial charge in [-0.2, -0.15) is 5.26 Å². The Bertz CT molecular complexity index is 375. The maximum atomic E-state index is 8.61. The van der Waals surface area contributed by atoms with Gasteiger partial charge in [0.15, 0.2) is 5.69 Å². The van der Waals surface area contributed by atoms with E-state index in [0.29, 0.717) is 11.7 Å². The van der Waals surface area contributed by atoms with Crippen LogP contribution in [0.5, 0.6) is 0 Å². The topological polar surface area (TPSA) is 52.8 Å². The van der Waals surface area contributed by atoms with Crippen LogP contribution in [0.1, 0.15) is 25.5 Å². The molecule has 1 unspecified atom stereocenters. The van der Waals surface area contributed by atoms with Gasteiger partial charge in [0.25, 0.3) is 0 Å². The molecular formula is C11H14N4. The Morgan fingerprint density at radius 3 is 2.67 bits per heavy atom. The number of hydrogen-bond acceptors (Lipinski definition) is 4. The molecule has 0 spiro atoms. The van der Waals surface area contributed by atoms with Gasteiger partial charge in [0.1, 0.15) is 11.9 Å². The van der Waals surface area contributed by atoms with Crippen LogP contribution in [-0.4, -0.2) is 23.1 Å². The molecule has 0 bridgehead atoms. The number of anilines is 1. The molecule has 15 heavy (non-hydrogen) atoms. The summed E-state index contributed by atoms with van der Waals surface area (Å²) in [4.78, 5) is 10.4. The summed E-state index contributed by atoms with van der Waals surface area (Å²) in [6.45, 7) is 2.21. The third-order valence-electron chi connectivity index (χ3n) is 3.03. The van der Waals surface area contributed by atoms with Gasteiger partial charge in [-0.15, -0.1) is 0 Å².